The third kappa shape index (κ3) is 2.03. The van der Waals surface area contributed by atoms with Gasteiger partial charge in [0.15, 0.2) is 12.3 Å². The first-order valence-electron chi connectivity index (χ1n) is 4.86. The van der Waals surface area contributed by atoms with Crippen LogP contribution in [0.3, 0.4) is 0 Å². The number of aromatic amines is 1. The molecule has 4 N–H and O–H groups in total. The lowest BCUT2D eigenvalue weighted by Crippen LogP contribution is -2.33. The molecule has 1 fully saturated rings. The van der Waals surface area contributed by atoms with Gasteiger partial charge in [-0.05, 0) is 0 Å². The van der Waals surface area contributed by atoms with Gasteiger partial charge in [-0.3, -0.25) is 14.3 Å². The molecule has 0 aliphatic carbocycles. The Morgan fingerprint density at radius 1 is 1.47 bits per heavy atom. The van der Waals surface area contributed by atoms with Gasteiger partial charge in [-0.15, -0.1) is 0 Å². The van der Waals surface area contributed by atoms with E-state index < -0.39 is 42.4 Å². The molecule has 1 aromatic heterocycles. The largest absolute Gasteiger partial charge is 0.394 e. The second-order valence-electron chi connectivity index (χ2n) is 3.60. The van der Waals surface area contributed by atoms with Crippen LogP contribution in [0.4, 0.5) is 0 Å². The highest BCUT2D eigenvalue weighted by molar-refractivity contribution is 5.03. The van der Waals surface area contributed by atoms with Crippen LogP contribution in [0.15, 0.2) is 21.9 Å². The van der Waals surface area contributed by atoms with E-state index in [9.17, 15) is 19.8 Å². The summed E-state index contributed by atoms with van der Waals surface area (Å²) in [5.41, 5.74) is -1.36. The van der Waals surface area contributed by atoms with E-state index in [2.05, 4.69) is 0 Å². The molecule has 0 saturated carbocycles. The maximum Gasteiger partial charge on any atom is 0.330 e. The summed E-state index contributed by atoms with van der Waals surface area (Å²) in [4.78, 5) is 24.3. The summed E-state index contributed by atoms with van der Waals surface area (Å²) < 4.78 is 6.01. The average Bonchev–Trinajstić information content (AvgIpc) is 2.57. The van der Waals surface area contributed by atoms with Gasteiger partial charge >= 0.3 is 5.69 Å². The Morgan fingerprint density at radius 3 is 2.71 bits per heavy atom. The predicted molar refractivity (Wildman–Crippen MR) is 53.5 cm³/mol. The number of aliphatic hydroxyl groups is 3. The molecule has 17 heavy (non-hydrogen) atoms. The van der Waals surface area contributed by atoms with Gasteiger partial charge in [-0.1, -0.05) is 0 Å². The Bertz CT molecular complexity index is 509. The quantitative estimate of drug-likeness (QED) is 0.462. The molecule has 8 nitrogen and oxygen atoms in total. The topological polar surface area (TPSA) is 125 Å². The first kappa shape index (κ1) is 12.0. The van der Waals surface area contributed by atoms with Gasteiger partial charge in [0.2, 0.25) is 0 Å². The van der Waals surface area contributed by atoms with Crippen molar-refractivity contribution in [1.29, 1.82) is 0 Å². The van der Waals surface area contributed by atoms with Crippen LogP contribution in [0.5, 0.6) is 0 Å². The van der Waals surface area contributed by atoms with Crippen LogP contribution in [0.25, 0.3) is 0 Å². The lowest BCUT2D eigenvalue weighted by atomic mass is 10.1. The van der Waals surface area contributed by atoms with E-state index in [-0.39, 0.29) is 0 Å². The standard InChI is InChI=1S/C9H11N2O6/c12-3-4-6(14)7(15)8(17-4)11-2-1-5(13)10-9(11)16/h1-2,4,6,8,12,14-15H,3H2,(H,10,13,16)/t4-,6-,8-/m1/s1. The summed E-state index contributed by atoms with van der Waals surface area (Å²) in [6.07, 6.45) is -2.94. The molecular formula is C9H11N2O6. The monoisotopic (exact) mass is 243 g/mol. The van der Waals surface area contributed by atoms with E-state index in [0.717, 1.165) is 16.8 Å². The maximum absolute atomic E-state index is 11.4. The Hall–Kier alpha value is -1.48. The summed E-state index contributed by atoms with van der Waals surface area (Å²) in [7, 11) is 0. The summed E-state index contributed by atoms with van der Waals surface area (Å²) in [6, 6.07) is 1.08. The van der Waals surface area contributed by atoms with Crippen LogP contribution >= 0.6 is 0 Å². The van der Waals surface area contributed by atoms with Crippen molar-refractivity contribution in [3.8, 4) is 0 Å². The molecule has 1 aliphatic rings. The van der Waals surface area contributed by atoms with Crippen LogP contribution < -0.4 is 11.2 Å². The molecule has 0 spiro atoms. The van der Waals surface area contributed by atoms with Gasteiger partial charge in [0.1, 0.15) is 12.2 Å². The van der Waals surface area contributed by atoms with Gasteiger partial charge in [0.25, 0.3) is 5.56 Å². The fourth-order valence-corrected chi connectivity index (χ4v) is 1.61. The molecule has 93 valence electrons. The Morgan fingerprint density at radius 2 is 2.18 bits per heavy atom. The molecule has 2 rings (SSSR count). The zero-order valence-electron chi connectivity index (χ0n) is 8.61. The molecule has 1 aliphatic heterocycles. The Labute approximate surface area is 94.7 Å². The van der Waals surface area contributed by atoms with Crippen molar-refractivity contribution in [3.63, 3.8) is 0 Å². The van der Waals surface area contributed by atoms with E-state index in [1.807, 2.05) is 4.98 Å². The van der Waals surface area contributed by atoms with Gasteiger partial charge in [-0.2, -0.15) is 0 Å². The molecule has 1 saturated heterocycles. The highest BCUT2D eigenvalue weighted by atomic mass is 16.6. The SMILES string of the molecule is O=c1ccn([C@@H]2O[C@H](CO)[C@@H](O)[C]2O)c(=O)[nH]1. The minimum absolute atomic E-state index is 0.488. The minimum Gasteiger partial charge on any atom is -0.394 e. The Balaban J connectivity index is 2.35. The highest BCUT2D eigenvalue weighted by Gasteiger charge is 2.44. The first-order valence-corrected chi connectivity index (χ1v) is 4.86. The van der Waals surface area contributed by atoms with Crippen molar-refractivity contribution in [2.45, 2.75) is 18.4 Å². The highest BCUT2D eigenvalue weighted by Crippen LogP contribution is 2.33. The zero-order valence-corrected chi connectivity index (χ0v) is 8.61. The summed E-state index contributed by atoms with van der Waals surface area (Å²) >= 11 is 0. The smallest absolute Gasteiger partial charge is 0.330 e. The molecule has 0 aromatic carbocycles. The Kier molecular flexibility index (Phi) is 3.11. The number of H-pyrrole nitrogens is 1. The maximum atomic E-state index is 11.4. The molecule has 8 heteroatoms. The fraction of sp³-hybridized carbons (Fsp3) is 0.444. The van der Waals surface area contributed by atoms with E-state index in [1.54, 1.807) is 0 Å². The van der Waals surface area contributed by atoms with E-state index >= 15 is 0 Å². The van der Waals surface area contributed by atoms with Crippen LogP contribution in [-0.2, 0) is 4.74 Å². The number of aliphatic hydroxyl groups excluding tert-OH is 3. The van der Waals surface area contributed by atoms with E-state index in [4.69, 9.17) is 9.84 Å². The normalized spacial score (nSPS) is 29.7. The molecular weight excluding hydrogens is 232 g/mol. The summed E-state index contributed by atoms with van der Waals surface area (Å²) in [6.45, 7) is -0.500. The molecule has 0 bridgehead atoms. The summed E-state index contributed by atoms with van der Waals surface area (Å²) in [5, 5.41) is 27.9. The van der Waals surface area contributed by atoms with Gasteiger partial charge in [-0.25, -0.2) is 4.79 Å². The molecule has 1 radical (unpaired) electrons. The van der Waals surface area contributed by atoms with Crippen LogP contribution in [0.2, 0.25) is 0 Å². The van der Waals surface area contributed by atoms with Crippen molar-refractivity contribution in [3.05, 3.63) is 39.2 Å². The number of hydrogen-bond acceptors (Lipinski definition) is 6. The average molecular weight is 243 g/mol. The predicted octanol–water partition coefficient (Wildman–Crippen LogP) is -2.31. The third-order valence-electron chi connectivity index (χ3n) is 2.50. The van der Waals surface area contributed by atoms with Crippen molar-refractivity contribution >= 4 is 0 Å². The first-order chi connectivity index (χ1) is 8.04. The number of nitrogens with one attached hydrogen (secondary N) is 1. The third-order valence-corrected chi connectivity index (χ3v) is 2.50. The number of ether oxygens (including phenoxy) is 1. The van der Waals surface area contributed by atoms with Crippen molar-refractivity contribution in [1.82, 2.24) is 9.55 Å². The molecule has 1 aromatic rings. The van der Waals surface area contributed by atoms with Crippen LogP contribution in [0.1, 0.15) is 6.23 Å². The number of hydrogen-bond donors (Lipinski definition) is 4. The number of nitrogens with zero attached hydrogens (tertiary/aromatic N) is 1. The number of aromatic nitrogens is 2. The lowest BCUT2D eigenvalue weighted by Gasteiger charge is -2.15. The molecule has 3 atom stereocenters. The second kappa shape index (κ2) is 4.41. The number of rotatable bonds is 2. The van der Waals surface area contributed by atoms with Gasteiger partial charge in [0.05, 0.1) is 6.61 Å². The van der Waals surface area contributed by atoms with Crippen molar-refractivity contribution in [2.24, 2.45) is 0 Å². The van der Waals surface area contributed by atoms with Crippen LogP contribution in [0, 0.1) is 6.10 Å². The molecule has 2 heterocycles. The van der Waals surface area contributed by atoms with E-state index in [1.165, 1.54) is 0 Å². The lowest BCUT2D eigenvalue weighted by molar-refractivity contribution is -0.0473. The molecule has 0 amide bonds. The van der Waals surface area contributed by atoms with Crippen molar-refractivity contribution in [2.75, 3.05) is 6.61 Å². The van der Waals surface area contributed by atoms with Gasteiger partial charge in [0, 0.05) is 12.3 Å². The van der Waals surface area contributed by atoms with Gasteiger partial charge < -0.3 is 20.1 Å². The summed E-state index contributed by atoms with van der Waals surface area (Å²) in [5.74, 6) is 0. The molecule has 0 unspecified atom stereocenters. The fourth-order valence-electron chi connectivity index (χ4n) is 1.61. The zero-order chi connectivity index (χ0) is 12.6. The van der Waals surface area contributed by atoms with E-state index in [0.29, 0.717) is 0 Å². The second-order valence-corrected chi connectivity index (χ2v) is 3.60. The minimum atomic E-state index is -1.37. The van der Waals surface area contributed by atoms with Crippen molar-refractivity contribution < 1.29 is 20.1 Å². The van der Waals surface area contributed by atoms with Crippen LogP contribution in [-0.4, -0.2) is 43.7 Å².